The van der Waals surface area contributed by atoms with Gasteiger partial charge in [-0.2, -0.15) is 0 Å². The number of fused-ring (bicyclic) bond motifs is 2. The van der Waals surface area contributed by atoms with Crippen molar-refractivity contribution in [3.8, 4) is 0 Å². The molecule has 0 saturated heterocycles. The highest BCUT2D eigenvalue weighted by Gasteiger charge is 2.15. The van der Waals surface area contributed by atoms with E-state index in [-0.39, 0.29) is 5.56 Å². The van der Waals surface area contributed by atoms with Crippen LogP contribution in [0.3, 0.4) is 0 Å². The molecule has 2 heterocycles. The van der Waals surface area contributed by atoms with Gasteiger partial charge in [-0.1, -0.05) is 0 Å². The van der Waals surface area contributed by atoms with Crippen molar-refractivity contribution in [2.75, 3.05) is 0 Å². The van der Waals surface area contributed by atoms with Gasteiger partial charge in [-0.15, -0.1) is 0 Å². The molecule has 0 atom stereocenters. The molecule has 0 radical (unpaired) electrons. The van der Waals surface area contributed by atoms with Crippen molar-refractivity contribution in [3.05, 3.63) is 45.0 Å². The molecule has 3 rings (SSSR count). The van der Waals surface area contributed by atoms with Gasteiger partial charge in [-0.25, -0.2) is 4.79 Å². The van der Waals surface area contributed by atoms with Crippen molar-refractivity contribution in [1.82, 2.24) is 0 Å². The van der Waals surface area contributed by atoms with E-state index in [1.165, 1.54) is 0 Å². The van der Waals surface area contributed by atoms with Gasteiger partial charge in [0.1, 0.15) is 16.9 Å². The largest absolute Gasteiger partial charge is 0.550 e. The molecule has 0 aliphatic heterocycles. The van der Waals surface area contributed by atoms with Crippen LogP contribution in [0.1, 0.15) is 22.5 Å². The van der Waals surface area contributed by atoms with Crippen molar-refractivity contribution >= 4 is 27.9 Å². The van der Waals surface area contributed by atoms with Crippen LogP contribution in [0.15, 0.2) is 25.8 Å². The van der Waals surface area contributed by atoms with E-state index in [0.717, 1.165) is 16.7 Å². The Hall–Kier alpha value is -2.56. The molecule has 0 amide bonds. The van der Waals surface area contributed by atoms with Crippen molar-refractivity contribution in [3.63, 3.8) is 0 Å². The molecule has 0 fully saturated rings. The number of hydrogen-bond donors (Lipinski definition) is 0. The van der Waals surface area contributed by atoms with Gasteiger partial charge < -0.3 is 18.7 Å². The fraction of sp³-hybridized carbons (Fsp3) is 0.250. The van der Waals surface area contributed by atoms with Gasteiger partial charge in [-0.05, 0) is 38.0 Å². The molecule has 0 unspecified atom stereocenters. The highest BCUT2D eigenvalue weighted by Crippen LogP contribution is 2.30. The Labute approximate surface area is 119 Å². The van der Waals surface area contributed by atoms with Crippen molar-refractivity contribution in [2.45, 2.75) is 27.2 Å². The van der Waals surface area contributed by atoms with E-state index in [1.54, 1.807) is 13.0 Å². The van der Waals surface area contributed by atoms with E-state index < -0.39 is 18.0 Å². The van der Waals surface area contributed by atoms with Crippen LogP contribution < -0.4 is 10.7 Å². The second-order valence-corrected chi connectivity index (χ2v) is 5.17. The Bertz CT molecular complexity index is 943. The van der Waals surface area contributed by atoms with Crippen LogP contribution in [0.5, 0.6) is 0 Å². The predicted octanol–water partition coefficient (Wildman–Crippen LogP) is 1.76. The van der Waals surface area contributed by atoms with Gasteiger partial charge >= 0.3 is 5.63 Å². The van der Waals surface area contributed by atoms with Crippen LogP contribution in [0.4, 0.5) is 0 Å². The van der Waals surface area contributed by atoms with Crippen molar-refractivity contribution in [1.29, 1.82) is 0 Å². The minimum absolute atomic E-state index is 0.125. The number of carbonyl (C=O) groups excluding carboxylic acids is 1. The lowest BCUT2D eigenvalue weighted by atomic mass is 10.0. The lowest BCUT2D eigenvalue weighted by Crippen LogP contribution is -2.27. The van der Waals surface area contributed by atoms with Crippen LogP contribution in [-0.4, -0.2) is 5.97 Å². The number of furan rings is 1. The number of carboxylic acids is 1. The number of carboxylic acid groups (broad SMARTS) is 1. The normalized spacial score (nSPS) is 11.4. The maximum atomic E-state index is 11.9. The first-order valence-electron chi connectivity index (χ1n) is 6.54. The first kappa shape index (κ1) is 13.4. The summed E-state index contributed by atoms with van der Waals surface area (Å²) in [7, 11) is 0. The lowest BCUT2D eigenvalue weighted by molar-refractivity contribution is -0.304. The summed E-state index contributed by atoms with van der Waals surface area (Å²) in [6, 6.07) is 3.54. The molecule has 0 bridgehead atoms. The molecule has 0 N–H and O–H groups in total. The maximum Gasteiger partial charge on any atom is 0.340 e. The highest BCUT2D eigenvalue weighted by atomic mass is 16.4. The van der Waals surface area contributed by atoms with Gasteiger partial charge in [0.05, 0.1) is 0 Å². The highest BCUT2D eigenvalue weighted by molar-refractivity contribution is 5.97. The van der Waals surface area contributed by atoms with E-state index in [1.807, 2.05) is 19.9 Å². The number of hydrogen-bond acceptors (Lipinski definition) is 5. The molecule has 2 aromatic heterocycles. The third-order valence-corrected chi connectivity index (χ3v) is 3.90. The predicted molar refractivity (Wildman–Crippen MR) is 75.2 cm³/mol. The Morgan fingerprint density at radius 1 is 1.05 bits per heavy atom. The van der Waals surface area contributed by atoms with E-state index in [9.17, 15) is 14.7 Å². The average molecular weight is 285 g/mol. The fourth-order valence-electron chi connectivity index (χ4n) is 2.57. The Balaban J connectivity index is 2.41. The number of carbonyl (C=O) groups is 1. The fourth-order valence-corrected chi connectivity index (χ4v) is 2.57. The minimum Gasteiger partial charge on any atom is -0.550 e. The quantitative estimate of drug-likeness (QED) is 0.670. The van der Waals surface area contributed by atoms with Crippen LogP contribution in [0.2, 0.25) is 0 Å². The molecule has 21 heavy (non-hydrogen) atoms. The smallest absolute Gasteiger partial charge is 0.340 e. The molecule has 0 spiro atoms. The lowest BCUT2D eigenvalue weighted by Gasteiger charge is -2.08. The molecule has 5 nitrogen and oxygen atoms in total. The van der Waals surface area contributed by atoms with Crippen LogP contribution >= 0.6 is 0 Å². The van der Waals surface area contributed by atoms with Crippen LogP contribution in [-0.2, 0) is 11.2 Å². The molecular weight excluding hydrogens is 272 g/mol. The number of benzene rings is 1. The Kier molecular flexibility index (Phi) is 2.86. The second-order valence-electron chi connectivity index (χ2n) is 5.17. The third kappa shape index (κ3) is 2.01. The van der Waals surface area contributed by atoms with Gasteiger partial charge in [0.2, 0.25) is 0 Å². The SMILES string of the molecule is Cc1oc2cc3oc(=O)c(CC(=O)[O-])c(C)c3cc2c1C. The zero-order valence-electron chi connectivity index (χ0n) is 11.9. The number of aliphatic carboxylic acids is 1. The molecule has 0 aliphatic carbocycles. The van der Waals surface area contributed by atoms with Gasteiger partial charge in [-0.3, -0.25) is 0 Å². The van der Waals surface area contributed by atoms with Crippen molar-refractivity contribution in [2.24, 2.45) is 0 Å². The second kappa shape index (κ2) is 4.48. The number of rotatable bonds is 2. The summed E-state index contributed by atoms with van der Waals surface area (Å²) in [5.74, 6) is -0.503. The summed E-state index contributed by atoms with van der Waals surface area (Å²) in [4.78, 5) is 22.7. The van der Waals surface area contributed by atoms with E-state index >= 15 is 0 Å². The molecule has 0 saturated carbocycles. The van der Waals surface area contributed by atoms with Gasteiger partial charge in [0.15, 0.2) is 0 Å². The summed E-state index contributed by atoms with van der Waals surface area (Å²) < 4.78 is 10.8. The first-order valence-corrected chi connectivity index (χ1v) is 6.54. The molecular formula is C16H13O5-. The third-order valence-electron chi connectivity index (χ3n) is 3.90. The van der Waals surface area contributed by atoms with Crippen molar-refractivity contribution < 1.29 is 18.7 Å². The Morgan fingerprint density at radius 2 is 1.67 bits per heavy atom. The summed E-state index contributed by atoms with van der Waals surface area (Å²) in [5.41, 5.74) is 2.13. The van der Waals surface area contributed by atoms with E-state index in [4.69, 9.17) is 8.83 Å². The molecule has 5 heteroatoms. The number of aryl methyl sites for hydroxylation is 3. The zero-order valence-corrected chi connectivity index (χ0v) is 11.9. The van der Waals surface area contributed by atoms with E-state index in [2.05, 4.69) is 0 Å². The molecule has 1 aromatic carbocycles. The summed E-state index contributed by atoms with van der Waals surface area (Å²) in [6.07, 6.45) is -0.453. The van der Waals surface area contributed by atoms with Crippen LogP contribution in [0.25, 0.3) is 21.9 Å². The van der Waals surface area contributed by atoms with Crippen LogP contribution in [0, 0.1) is 20.8 Å². The molecule has 3 aromatic rings. The average Bonchev–Trinajstić information content (AvgIpc) is 2.68. The molecule has 108 valence electrons. The monoisotopic (exact) mass is 285 g/mol. The first-order chi connectivity index (χ1) is 9.88. The van der Waals surface area contributed by atoms with E-state index in [0.29, 0.717) is 22.1 Å². The van der Waals surface area contributed by atoms with Gasteiger partial charge in [0.25, 0.3) is 0 Å². The Morgan fingerprint density at radius 3 is 2.33 bits per heavy atom. The molecule has 0 aliphatic rings. The zero-order chi connectivity index (χ0) is 15.3. The summed E-state index contributed by atoms with van der Waals surface area (Å²) in [5, 5.41) is 12.4. The minimum atomic E-state index is -1.30. The summed E-state index contributed by atoms with van der Waals surface area (Å²) in [6.45, 7) is 5.53. The van der Waals surface area contributed by atoms with Gasteiger partial charge in [0, 0.05) is 34.8 Å². The standard InChI is InChI=1S/C16H14O5/c1-7-9(3)20-13-6-14-11(4-10(7)13)8(2)12(5-15(17)18)16(19)21-14/h4,6H,5H2,1-3H3,(H,17,18)/p-1. The summed E-state index contributed by atoms with van der Waals surface area (Å²) >= 11 is 0. The maximum absolute atomic E-state index is 11.9. The topological polar surface area (TPSA) is 83.5 Å².